The number of rotatable bonds is 9. The average Bonchev–Trinajstić information content (AvgIpc) is 3.27. The summed E-state index contributed by atoms with van der Waals surface area (Å²) in [6, 6.07) is 0. The number of fused-ring (bicyclic) bond motifs is 1. The van der Waals surface area contributed by atoms with Crippen molar-refractivity contribution < 1.29 is 88.3 Å². The SMILES string of the molecule is NCC(=O)O.Nc1ncnc2c1ncn2[C@@H]1O[C@H](COP(=O)(O)OP(=O)(O)OP(=O)(O)O)[C@@H](O)[C@H]1O.[Mn]. The number of phosphoric ester groups is 1. The summed E-state index contributed by atoms with van der Waals surface area (Å²) in [4.78, 5) is 56.5. The van der Waals surface area contributed by atoms with Crippen LogP contribution in [0.5, 0.6) is 0 Å². The number of nitrogens with two attached hydrogens (primary N) is 2. The van der Waals surface area contributed by atoms with E-state index in [9.17, 15) is 33.6 Å². The van der Waals surface area contributed by atoms with E-state index in [0.29, 0.717) is 0 Å². The molecule has 3 heterocycles. The summed E-state index contributed by atoms with van der Waals surface area (Å²) in [5.74, 6) is -0.925. The van der Waals surface area contributed by atoms with Gasteiger partial charge in [0, 0.05) is 17.1 Å². The van der Waals surface area contributed by atoms with E-state index in [4.69, 9.17) is 30.3 Å². The van der Waals surface area contributed by atoms with Crippen LogP contribution in [0.4, 0.5) is 5.82 Å². The van der Waals surface area contributed by atoms with Crippen molar-refractivity contribution in [1.82, 2.24) is 19.5 Å². The van der Waals surface area contributed by atoms with E-state index in [-0.39, 0.29) is 40.6 Å². The molecule has 211 valence electrons. The number of anilines is 1. The molecule has 0 aliphatic carbocycles. The molecule has 1 aliphatic rings. The third kappa shape index (κ3) is 9.68. The quantitative estimate of drug-likeness (QED) is 0.100. The second kappa shape index (κ2) is 13.1. The zero-order chi connectivity index (χ0) is 27.5. The normalized spacial score (nSPS) is 24.8. The smallest absolute Gasteiger partial charge is 0.480 e. The van der Waals surface area contributed by atoms with Gasteiger partial charge in [0.05, 0.1) is 19.5 Å². The summed E-state index contributed by atoms with van der Waals surface area (Å²) in [7, 11) is -16.7. The number of carboxylic acids is 1. The molecule has 0 bridgehead atoms. The molecule has 0 spiro atoms. The Hall–Kier alpha value is -1.41. The fraction of sp³-hybridized carbons (Fsp3) is 0.500. The first-order chi connectivity index (χ1) is 16.5. The Kier molecular flexibility index (Phi) is 11.9. The van der Waals surface area contributed by atoms with E-state index < -0.39 is 60.6 Å². The van der Waals surface area contributed by atoms with Crippen LogP contribution in [0.25, 0.3) is 11.2 Å². The van der Waals surface area contributed by atoms with Gasteiger partial charge in [-0.05, 0) is 0 Å². The van der Waals surface area contributed by atoms with E-state index in [1.807, 2.05) is 0 Å². The molecule has 0 amide bonds. The van der Waals surface area contributed by atoms with Crippen molar-refractivity contribution in [3.63, 3.8) is 0 Å². The van der Waals surface area contributed by atoms with Crippen LogP contribution in [0.3, 0.4) is 0 Å². The molecule has 21 nitrogen and oxygen atoms in total. The number of aromatic nitrogens is 4. The molecule has 1 aliphatic heterocycles. The topological polar surface area (TPSA) is 342 Å². The van der Waals surface area contributed by atoms with Crippen LogP contribution >= 0.6 is 23.5 Å². The molecular formula is C12H21MnN6O15P3. The molecule has 1 radical (unpaired) electrons. The molecular weight excluding hydrogens is 616 g/mol. The molecule has 6 atom stereocenters. The Bertz CT molecular complexity index is 1230. The summed E-state index contributed by atoms with van der Waals surface area (Å²) in [6.45, 7) is -1.23. The number of imidazole rings is 1. The molecule has 3 rings (SSSR count). The van der Waals surface area contributed by atoms with Crippen molar-refractivity contribution in [3.8, 4) is 0 Å². The van der Waals surface area contributed by atoms with E-state index in [1.165, 1.54) is 10.9 Å². The van der Waals surface area contributed by atoms with Gasteiger partial charge >= 0.3 is 29.4 Å². The number of ether oxygens (including phenoxy) is 1. The molecule has 37 heavy (non-hydrogen) atoms. The molecule has 0 aromatic carbocycles. The number of aliphatic carboxylic acids is 1. The van der Waals surface area contributed by atoms with Crippen LogP contribution in [-0.2, 0) is 53.4 Å². The first-order valence-electron chi connectivity index (χ1n) is 9.11. The number of carboxylic acid groups (broad SMARTS) is 1. The minimum Gasteiger partial charge on any atom is -0.480 e. The van der Waals surface area contributed by atoms with Gasteiger partial charge < -0.3 is 51.1 Å². The maximum Gasteiger partial charge on any atom is 0.490 e. The number of carbonyl (C=O) groups is 1. The van der Waals surface area contributed by atoms with Crippen LogP contribution in [0.15, 0.2) is 12.7 Å². The number of hydrogen-bond acceptors (Lipinski definition) is 15. The molecule has 1 saturated heterocycles. The number of nitrogen functional groups attached to an aromatic ring is 1. The second-order valence-electron chi connectivity index (χ2n) is 6.61. The molecule has 25 heteroatoms. The third-order valence-electron chi connectivity index (χ3n) is 3.99. The number of phosphoric acid groups is 3. The Morgan fingerprint density at radius 2 is 1.65 bits per heavy atom. The van der Waals surface area contributed by atoms with Crippen LogP contribution in [0, 0.1) is 0 Å². The molecule has 2 aromatic heterocycles. The Morgan fingerprint density at radius 3 is 2.19 bits per heavy atom. The van der Waals surface area contributed by atoms with E-state index in [2.05, 4.69) is 33.8 Å². The van der Waals surface area contributed by atoms with Gasteiger partial charge in [-0.15, -0.1) is 0 Å². The van der Waals surface area contributed by atoms with Gasteiger partial charge in [0.25, 0.3) is 0 Å². The fourth-order valence-corrected chi connectivity index (χ4v) is 5.65. The molecule has 0 saturated carbocycles. The van der Waals surface area contributed by atoms with Gasteiger partial charge in [0.1, 0.15) is 30.2 Å². The predicted molar refractivity (Wildman–Crippen MR) is 112 cm³/mol. The standard InChI is InChI=1S/C10H16N5O13P3.C2H5NO2.Mn/c11-8-5-9(13-2-12-8)15(3-14-5)10-7(17)6(16)4(26-10)1-25-30(21,22)28-31(23,24)27-29(18,19)20;3-1-2(4)5;/h2-4,6-7,10,16-17H,1H2,(H,21,22)(H,23,24)(H2,11,12,13)(H2,18,19,20);1,3H2,(H,4,5);/t4-,6-,7-,10-;;/m1../s1. The molecule has 2 unspecified atom stereocenters. The zero-order valence-corrected chi connectivity index (χ0v) is 21.8. The van der Waals surface area contributed by atoms with E-state index >= 15 is 0 Å². The summed E-state index contributed by atoms with van der Waals surface area (Å²) in [5, 5.41) is 28.0. The van der Waals surface area contributed by atoms with Crippen molar-refractivity contribution in [3.05, 3.63) is 12.7 Å². The maximum atomic E-state index is 11.8. The van der Waals surface area contributed by atoms with Crippen LogP contribution in [0.1, 0.15) is 6.23 Å². The number of nitrogens with zero attached hydrogens (tertiary/aromatic N) is 4. The fourth-order valence-electron chi connectivity index (χ4n) is 2.62. The van der Waals surface area contributed by atoms with Gasteiger partial charge in [-0.3, -0.25) is 13.9 Å². The molecule has 1 fully saturated rings. The summed E-state index contributed by atoms with van der Waals surface area (Å²) in [6.07, 6.45) is -3.69. The van der Waals surface area contributed by atoms with Crippen molar-refractivity contribution in [2.45, 2.75) is 24.5 Å². The number of aliphatic hydroxyl groups is 2. The van der Waals surface area contributed by atoms with Gasteiger partial charge in [-0.1, -0.05) is 0 Å². The van der Waals surface area contributed by atoms with Gasteiger partial charge in [0.2, 0.25) is 0 Å². The Morgan fingerprint density at radius 1 is 1.05 bits per heavy atom. The molecule has 11 N–H and O–H groups in total. The predicted octanol–water partition coefficient (Wildman–Crippen LogP) is -2.60. The minimum absolute atomic E-state index is 0. The second-order valence-corrected chi connectivity index (χ2v) is 11.0. The van der Waals surface area contributed by atoms with Crippen molar-refractivity contribution >= 4 is 46.4 Å². The maximum absolute atomic E-state index is 11.8. The summed E-state index contributed by atoms with van der Waals surface area (Å²) in [5.41, 5.74) is 10.6. The number of aliphatic hydroxyl groups excluding tert-OH is 2. The van der Waals surface area contributed by atoms with Gasteiger partial charge in [-0.2, -0.15) is 8.62 Å². The first-order valence-corrected chi connectivity index (χ1v) is 13.6. The van der Waals surface area contributed by atoms with E-state index in [1.54, 1.807) is 0 Å². The van der Waals surface area contributed by atoms with Gasteiger partial charge in [0.15, 0.2) is 17.7 Å². The monoisotopic (exact) mass is 637 g/mol. The molecule has 2 aromatic rings. The Labute approximate surface area is 216 Å². The van der Waals surface area contributed by atoms with Crippen molar-refractivity contribution in [2.24, 2.45) is 5.73 Å². The average molecular weight is 637 g/mol. The van der Waals surface area contributed by atoms with E-state index in [0.717, 1.165) is 6.33 Å². The van der Waals surface area contributed by atoms with Crippen molar-refractivity contribution in [1.29, 1.82) is 0 Å². The largest absolute Gasteiger partial charge is 0.490 e. The summed E-state index contributed by atoms with van der Waals surface area (Å²) >= 11 is 0. The zero-order valence-electron chi connectivity index (χ0n) is 17.9. The van der Waals surface area contributed by atoms with Crippen molar-refractivity contribution in [2.75, 3.05) is 18.9 Å². The van der Waals surface area contributed by atoms with Gasteiger partial charge in [-0.25, -0.2) is 28.6 Å². The first kappa shape index (κ1) is 33.6. The number of hydrogen-bond donors (Lipinski definition) is 9. The third-order valence-corrected chi connectivity index (χ3v) is 7.79. The summed E-state index contributed by atoms with van der Waals surface area (Å²) < 4.78 is 51.9. The van der Waals surface area contributed by atoms with Crippen LogP contribution in [0.2, 0.25) is 0 Å². The Balaban J connectivity index is 0.00000104. The van der Waals surface area contributed by atoms with Crippen LogP contribution < -0.4 is 11.5 Å². The van der Waals surface area contributed by atoms with Crippen LogP contribution in [-0.4, -0.2) is 91.8 Å². The minimum atomic E-state index is -5.70.